The molecular weight excluding hydrogens is 406 g/mol. The van der Waals surface area contributed by atoms with Crippen LogP contribution in [0.25, 0.3) is 0 Å². The quantitative estimate of drug-likeness (QED) is 0.428. The third-order valence-electron chi connectivity index (χ3n) is 4.66. The van der Waals surface area contributed by atoms with E-state index in [1.807, 2.05) is 11.4 Å². The topological polar surface area (TPSA) is 65.8 Å². The number of nitrogens with zero attached hydrogens (tertiary/aromatic N) is 2. The number of thioether (sulfide) groups is 1. The van der Waals surface area contributed by atoms with E-state index in [1.54, 1.807) is 0 Å². The molecule has 0 radical (unpaired) electrons. The lowest BCUT2D eigenvalue weighted by Gasteiger charge is -2.21. The fraction of sp³-hybridized carbons (Fsp3) is 0.350. The number of benzene rings is 1. The Balaban J connectivity index is 1.65. The fourth-order valence-electron chi connectivity index (χ4n) is 3.14. The summed E-state index contributed by atoms with van der Waals surface area (Å²) in [5, 5.41) is 11.7. The van der Waals surface area contributed by atoms with Gasteiger partial charge in [-0.05, 0) is 36.8 Å². The molecule has 1 atom stereocenters. The lowest BCUT2D eigenvalue weighted by atomic mass is 9.87. The van der Waals surface area contributed by atoms with Gasteiger partial charge in [-0.15, -0.1) is 11.8 Å². The summed E-state index contributed by atoms with van der Waals surface area (Å²) in [7, 11) is 0. The Labute approximate surface area is 169 Å². The van der Waals surface area contributed by atoms with Gasteiger partial charge in [0, 0.05) is 23.9 Å². The second-order valence-corrected chi connectivity index (χ2v) is 7.98. The van der Waals surface area contributed by atoms with Gasteiger partial charge >= 0.3 is 0 Å². The van der Waals surface area contributed by atoms with Crippen LogP contribution in [0.5, 0.6) is 0 Å². The van der Waals surface area contributed by atoms with E-state index < -0.39 is 34.9 Å². The number of anilines is 1. The third-order valence-corrected chi connectivity index (χ3v) is 5.66. The summed E-state index contributed by atoms with van der Waals surface area (Å²) in [5.41, 5.74) is 1.25. The van der Waals surface area contributed by atoms with Crippen molar-refractivity contribution < 1.29 is 22.4 Å². The Bertz CT molecular complexity index is 980. The number of aromatic nitrogens is 1. The zero-order chi connectivity index (χ0) is 21.1. The highest BCUT2D eigenvalue weighted by molar-refractivity contribution is 7.99. The molecule has 0 aliphatic heterocycles. The maximum absolute atomic E-state index is 13.6. The molecule has 0 saturated carbocycles. The van der Waals surface area contributed by atoms with Crippen LogP contribution < -0.4 is 5.32 Å². The summed E-state index contributed by atoms with van der Waals surface area (Å²) in [6, 6.07) is 3.99. The van der Waals surface area contributed by atoms with Gasteiger partial charge in [0.1, 0.15) is 16.8 Å². The molecule has 0 saturated heterocycles. The number of halogens is 4. The monoisotopic (exact) mass is 423 g/mol. The fourth-order valence-corrected chi connectivity index (χ4v) is 4.06. The SMILES string of the molecule is CC1CCc2nc(SCCC(=O)Nc3c(F)c(F)cc(F)c3F)c(C#N)cc2C1. The molecular formula is C20H17F4N3OS. The highest BCUT2D eigenvalue weighted by Crippen LogP contribution is 2.30. The van der Waals surface area contributed by atoms with E-state index in [1.165, 1.54) is 11.8 Å². The molecule has 1 aliphatic rings. The molecule has 1 aromatic heterocycles. The van der Waals surface area contributed by atoms with Gasteiger partial charge in [0.05, 0.1) is 5.56 Å². The second-order valence-electron chi connectivity index (χ2n) is 6.90. The molecule has 9 heteroatoms. The minimum atomic E-state index is -1.66. The first-order chi connectivity index (χ1) is 13.8. The van der Waals surface area contributed by atoms with Crippen LogP contribution in [-0.4, -0.2) is 16.6 Å². The minimum absolute atomic E-state index is 0.0715. The molecule has 29 heavy (non-hydrogen) atoms. The zero-order valence-electron chi connectivity index (χ0n) is 15.5. The van der Waals surface area contributed by atoms with Gasteiger partial charge in [-0.1, -0.05) is 6.92 Å². The zero-order valence-corrected chi connectivity index (χ0v) is 16.3. The van der Waals surface area contributed by atoms with Crippen LogP contribution in [0.4, 0.5) is 23.2 Å². The van der Waals surface area contributed by atoms with E-state index in [-0.39, 0.29) is 18.2 Å². The molecule has 4 nitrogen and oxygen atoms in total. The number of carbonyl (C=O) groups is 1. The van der Waals surface area contributed by atoms with E-state index in [9.17, 15) is 27.6 Å². The number of rotatable bonds is 5. The number of carbonyl (C=O) groups excluding carboxylic acids is 1. The van der Waals surface area contributed by atoms with E-state index in [2.05, 4.69) is 18.0 Å². The van der Waals surface area contributed by atoms with Crippen molar-refractivity contribution in [1.82, 2.24) is 4.98 Å². The molecule has 1 amide bonds. The predicted molar refractivity (Wildman–Crippen MR) is 100 cm³/mol. The number of nitrogens with one attached hydrogen (secondary N) is 1. The van der Waals surface area contributed by atoms with Crippen molar-refractivity contribution in [2.45, 2.75) is 37.6 Å². The number of hydrogen-bond acceptors (Lipinski definition) is 4. The molecule has 1 aliphatic carbocycles. The summed E-state index contributed by atoms with van der Waals surface area (Å²) in [6.07, 6.45) is 2.51. The second kappa shape index (κ2) is 8.82. The highest BCUT2D eigenvalue weighted by Gasteiger charge is 2.22. The Morgan fingerprint density at radius 2 is 1.97 bits per heavy atom. The molecule has 1 unspecified atom stereocenters. The van der Waals surface area contributed by atoms with E-state index >= 15 is 0 Å². The summed E-state index contributed by atoms with van der Waals surface area (Å²) >= 11 is 1.17. The molecule has 2 aromatic rings. The lowest BCUT2D eigenvalue weighted by molar-refractivity contribution is -0.115. The molecule has 0 spiro atoms. The van der Waals surface area contributed by atoms with Crippen LogP contribution in [0, 0.1) is 40.5 Å². The van der Waals surface area contributed by atoms with Gasteiger partial charge in [-0.2, -0.15) is 5.26 Å². The van der Waals surface area contributed by atoms with Gasteiger partial charge in [0.25, 0.3) is 0 Å². The average Bonchev–Trinajstić information content (AvgIpc) is 2.69. The molecule has 152 valence electrons. The first-order valence-electron chi connectivity index (χ1n) is 8.98. The Hall–Kier alpha value is -2.60. The standard InChI is InChI=1S/C20H17F4N3OS/c1-10-2-3-15-11(6-10)7-12(9-25)20(26-15)29-5-4-16(28)27-19-17(23)13(21)8-14(22)18(19)24/h7-8,10H,2-6H2,1H3,(H,27,28). The van der Waals surface area contributed by atoms with Gasteiger partial charge in [-0.3, -0.25) is 4.79 Å². The Morgan fingerprint density at radius 3 is 2.62 bits per heavy atom. The first-order valence-corrected chi connectivity index (χ1v) is 9.97. The number of pyridine rings is 1. The highest BCUT2D eigenvalue weighted by atomic mass is 32.2. The number of aryl methyl sites for hydroxylation is 1. The van der Waals surface area contributed by atoms with E-state index in [0.29, 0.717) is 16.5 Å². The number of amides is 1. The van der Waals surface area contributed by atoms with E-state index in [4.69, 9.17) is 0 Å². The third kappa shape index (κ3) is 4.70. The van der Waals surface area contributed by atoms with Crippen LogP contribution in [0.1, 0.15) is 36.6 Å². The van der Waals surface area contributed by atoms with Crippen molar-refractivity contribution >= 4 is 23.4 Å². The lowest BCUT2D eigenvalue weighted by Crippen LogP contribution is -2.16. The van der Waals surface area contributed by atoms with Crippen LogP contribution in [0.3, 0.4) is 0 Å². The molecule has 1 N–H and O–H groups in total. The summed E-state index contributed by atoms with van der Waals surface area (Å²) < 4.78 is 53.7. The summed E-state index contributed by atoms with van der Waals surface area (Å²) in [6.45, 7) is 2.15. The molecule has 0 bridgehead atoms. The molecule has 3 rings (SSSR count). The molecule has 1 aromatic carbocycles. The van der Waals surface area contributed by atoms with Crippen LogP contribution in [0.2, 0.25) is 0 Å². The van der Waals surface area contributed by atoms with E-state index in [0.717, 1.165) is 30.5 Å². The van der Waals surface area contributed by atoms with Crippen molar-refractivity contribution in [3.8, 4) is 6.07 Å². The summed E-state index contributed by atoms with van der Waals surface area (Å²) in [4.78, 5) is 16.5. The molecule has 1 heterocycles. The maximum atomic E-state index is 13.6. The minimum Gasteiger partial charge on any atom is -0.321 e. The average molecular weight is 423 g/mol. The van der Waals surface area contributed by atoms with Gasteiger partial charge < -0.3 is 5.32 Å². The van der Waals surface area contributed by atoms with Crippen molar-refractivity contribution in [3.05, 3.63) is 52.2 Å². The summed E-state index contributed by atoms with van der Waals surface area (Å²) in [5.74, 6) is -6.63. The van der Waals surface area contributed by atoms with Crippen LogP contribution >= 0.6 is 11.8 Å². The first kappa shape index (κ1) is 21.1. The largest absolute Gasteiger partial charge is 0.321 e. The Morgan fingerprint density at radius 1 is 1.28 bits per heavy atom. The van der Waals surface area contributed by atoms with Crippen LogP contribution in [0.15, 0.2) is 17.2 Å². The van der Waals surface area contributed by atoms with Crippen molar-refractivity contribution in [2.75, 3.05) is 11.1 Å². The number of nitriles is 1. The normalized spacial score (nSPS) is 15.5. The van der Waals surface area contributed by atoms with Crippen molar-refractivity contribution in [2.24, 2.45) is 5.92 Å². The number of hydrogen-bond donors (Lipinski definition) is 1. The molecule has 0 fully saturated rings. The number of fused-ring (bicyclic) bond motifs is 1. The van der Waals surface area contributed by atoms with Gasteiger partial charge in [0.15, 0.2) is 23.3 Å². The van der Waals surface area contributed by atoms with Gasteiger partial charge in [-0.25, -0.2) is 22.5 Å². The van der Waals surface area contributed by atoms with Crippen LogP contribution in [-0.2, 0) is 17.6 Å². The maximum Gasteiger partial charge on any atom is 0.225 e. The van der Waals surface area contributed by atoms with Crippen molar-refractivity contribution in [3.63, 3.8) is 0 Å². The smallest absolute Gasteiger partial charge is 0.225 e. The Kier molecular flexibility index (Phi) is 6.42. The predicted octanol–water partition coefficient (Wildman–Crippen LogP) is 4.76. The van der Waals surface area contributed by atoms with Gasteiger partial charge in [0.2, 0.25) is 5.91 Å². The van der Waals surface area contributed by atoms with Crippen molar-refractivity contribution in [1.29, 1.82) is 5.26 Å².